The van der Waals surface area contributed by atoms with Crippen molar-refractivity contribution in [3.05, 3.63) is 12.3 Å². The Labute approximate surface area is 128 Å². The van der Waals surface area contributed by atoms with Crippen LogP contribution in [-0.2, 0) is 30.4 Å². The van der Waals surface area contributed by atoms with Gasteiger partial charge < -0.3 is 14.4 Å². The average molecular weight is 325 g/mol. The van der Waals surface area contributed by atoms with Gasteiger partial charge in [-0.1, -0.05) is 19.4 Å². The normalized spacial score (nSPS) is 14.2. The van der Waals surface area contributed by atoms with Gasteiger partial charge >= 0.3 is 6.72 Å². The molecule has 0 heterocycles. The van der Waals surface area contributed by atoms with Crippen molar-refractivity contribution in [1.29, 1.82) is 0 Å². The largest absolute Gasteiger partial charge is 0.389 e. The molecule has 0 amide bonds. The summed E-state index contributed by atoms with van der Waals surface area (Å²) in [6.07, 6.45) is 4.23. The molecule has 0 spiro atoms. The van der Waals surface area contributed by atoms with E-state index in [0.29, 0.717) is 6.61 Å². The Morgan fingerprint density at radius 1 is 1.25 bits per heavy atom. The second kappa shape index (κ2) is 11.7. The molecule has 0 aromatic rings. The summed E-state index contributed by atoms with van der Waals surface area (Å²) in [5.74, 6) is 0. The summed E-state index contributed by atoms with van der Waals surface area (Å²) in [5, 5.41) is 3.21. The maximum absolute atomic E-state index is 5.55. The van der Waals surface area contributed by atoms with Crippen molar-refractivity contribution in [3.63, 3.8) is 0 Å². The first kappa shape index (κ1) is 20.0. The fourth-order valence-corrected chi connectivity index (χ4v) is 3.59. The lowest BCUT2D eigenvalue weighted by Crippen LogP contribution is -2.11. The predicted molar refractivity (Wildman–Crippen MR) is 85.8 cm³/mol. The smallest absolute Gasteiger partial charge is 0.355 e. The molecular weight excluding hydrogens is 297 g/mol. The van der Waals surface area contributed by atoms with Crippen LogP contribution in [0.3, 0.4) is 0 Å². The molecule has 5 nitrogen and oxygen atoms in total. The highest BCUT2D eigenvalue weighted by Crippen LogP contribution is 2.51. The number of rotatable bonds is 13. The van der Waals surface area contributed by atoms with Crippen LogP contribution in [0.2, 0.25) is 0 Å². The molecule has 0 saturated carbocycles. The molecule has 0 fully saturated rings. The summed E-state index contributed by atoms with van der Waals surface area (Å²) in [6.45, 7) is 8.27. The summed E-state index contributed by atoms with van der Waals surface area (Å²) < 4.78 is 16.0. The molecule has 0 aliphatic carbocycles. The van der Waals surface area contributed by atoms with E-state index < -0.39 is 6.72 Å². The Bertz CT molecular complexity index is 313. The lowest BCUT2D eigenvalue weighted by atomic mass is 10.2. The van der Waals surface area contributed by atoms with Gasteiger partial charge in [-0.05, 0) is 45.4 Å². The van der Waals surface area contributed by atoms with Crippen molar-refractivity contribution in [1.82, 2.24) is 5.32 Å². The Morgan fingerprint density at radius 2 is 1.90 bits per heavy atom. The van der Waals surface area contributed by atoms with E-state index in [0.717, 1.165) is 37.9 Å². The van der Waals surface area contributed by atoms with Crippen molar-refractivity contribution < 1.29 is 18.6 Å². The van der Waals surface area contributed by atoms with Crippen LogP contribution in [-0.4, -0.2) is 26.4 Å². The van der Waals surface area contributed by atoms with E-state index >= 15 is 0 Å². The molecular formula is C13H28NO4PS. The predicted octanol–water partition coefficient (Wildman–Crippen LogP) is 3.91. The second-order valence-electron chi connectivity index (χ2n) is 4.80. The average Bonchev–Trinajstić information content (AvgIpc) is 2.31. The summed E-state index contributed by atoms with van der Waals surface area (Å²) in [6, 6.07) is 0. The zero-order chi connectivity index (χ0) is 15.4. The van der Waals surface area contributed by atoms with Crippen molar-refractivity contribution in [3.8, 4) is 0 Å². The monoisotopic (exact) mass is 325 g/mol. The van der Waals surface area contributed by atoms with Gasteiger partial charge in [0.25, 0.3) is 0 Å². The van der Waals surface area contributed by atoms with Gasteiger partial charge in [0, 0.05) is 12.2 Å². The fraction of sp³-hybridized carbons (Fsp3) is 0.846. The Morgan fingerprint density at radius 3 is 2.45 bits per heavy atom. The quantitative estimate of drug-likeness (QED) is 0.240. The third kappa shape index (κ3) is 11.8. The molecule has 20 heavy (non-hydrogen) atoms. The van der Waals surface area contributed by atoms with Crippen LogP contribution in [0.15, 0.2) is 12.3 Å². The van der Waals surface area contributed by atoms with Crippen LogP contribution in [0.4, 0.5) is 0 Å². The molecule has 1 unspecified atom stereocenters. The maximum Gasteiger partial charge on any atom is 0.355 e. The van der Waals surface area contributed by atoms with E-state index in [2.05, 4.69) is 16.8 Å². The van der Waals surface area contributed by atoms with E-state index in [1.165, 1.54) is 7.11 Å². The van der Waals surface area contributed by atoms with Crippen molar-refractivity contribution in [2.24, 2.45) is 0 Å². The molecule has 0 aromatic heterocycles. The highest BCUT2D eigenvalue weighted by molar-refractivity contribution is 8.07. The van der Waals surface area contributed by atoms with Crippen molar-refractivity contribution in [2.75, 3.05) is 20.3 Å². The minimum absolute atomic E-state index is 0.0517. The highest BCUT2D eigenvalue weighted by atomic mass is 32.5. The van der Waals surface area contributed by atoms with Gasteiger partial charge in [0.2, 0.25) is 0 Å². The molecule has 7 heteroatoms. The molecule has 0 rings (SSSR count). The number of allylic oxidation sites excluding steroid dienone is 1. The Kier molecular flexibility index (Phi) is 11.7. The van der Waals surface area contributed by atoms with E-state index in [1.54, 1.807) is 0 Å². The van der Waals surface area contributed by atoms with Gasteiger partial charge in [0.05, 0.1) is 19.8 Å². The molecule has 0 saturated heterocycles. The molecule has 120 valence electrons. The number of hydrogen-bond donors (Lipinski definition) is 1. The van der Waals surface area contributed by atoms with Gasteiger partial charge in [-0.3, -0.25) is 0 Å². The third-order valence-electron chi connectivity index (χ3n) is 2.25. The van der Waals surface area contributed by atoms with Gasteiger partial charge in [-0.2, -0.15) is 0 Å². The summed E-state index contributed by atoms with van der Waals surface area (Å²) in [5.41, 5.74) is 1.01. The molecule has 0 aliphatic heterocycles. The first-order valence-corrected chi connectivity index (χ1v) is 9.50. The second-order valence-corrected chi connectivity index (χ2v) is 7.65. The first-order chi connectivity index (χ1) is 9.39. The fourth-order valence-electron chi connectivity index (χ4n) is 1.48. The standard InChI is InChI=1S/C13H28NO4PS/c1-12(2)14-10-8-6-7-9-11-16-19(20,18-15-5)17-13(3)4/h13-14H,1,6-11H2,2-5H3. The first-order valence-electron chi connectivity index (χ1n) is 6.94. The topological polar surface area (TPSA) is 49.0 Å². The van der Waals surface area contributed by atoms with Crippen LogP contribution in [0.25, 0.3) is 0 Å². The van der Waals surface area contributed by atoms with E-state index in [-0.39, 0.29) is 6.10 Å². The van der Waals surface area contributed by atoms with Crippen LogP contribution in [0.5, 0.6) is 0 Å². The van der Waals surface area contributed by atoms with Gasteiger partial charge in [0.15, 0.2) is 0 Å². The zero-order valence-electron chi connectivity index (χ0n) is 13.0. The molecule has 0 aliphatic rings. The minimum atomic E-state index is -2.76. The SMILES string of the molecule is C=C(C)NCCCCCCOP(=S)(OOC)OC(C)C. The van der Waals surface area contributed by atoms with Gasteiger partial charge in [0.1, 0.15) is 0 Å². The molecule has 1 N–H and O–H groups in total. The van der Waals surface area contributed by atoms with E-state index in [9.17, 15) is 0 Å². The molecule has 1 atom stereocenters. The van der Waals surface area contributed by atoms with Crippen LogP contribution >= 0.6 is 6.72 Å². The summed E-state index contributed by atoms with van der Waals surface area (Å²) >= 11 is 5.23. The molecule has 0 bridgehead atoms. The van der Waals surface area contributed by atoms with Crippen LogP contribution < -0.4 is 5.32 Å². The number of unbranched alkanes of at least 4 members (excludes halogenated alkanes) is 3. The van der Waals surface area contributed by atoms with Crippen LogP contribution in [0, 0.1) is 0 Å². The highest BCUT2D eigenvalue weighted by Gasteiger charge is 2.23. The molecule has 0 aromatic carbocycles. The Balaban J connectivity index is 3.69. The summed E-state index contributed by atoms with van der Waals surface area (Å²) in [4.78, 5) is 4.62. The minimum Gasteiger partial charge on any atom is -0.389 e. The van der Waals surface area contributed by atoms with Crippen LogP contribution in [0.1, 0.15) is 46.5 Å². The molecule has 0 radical (unpaired) electrons. The lowest BCUT2D eigenvalue weighted by Gasteiger charge is -2.21. The van der Waals surface area contributed by atoms with Crippen molar-refractivity contribution >= 4 is 18.5 Å². The van der Waals surface area contributed by atoms with E-state index in [1.807, 2.05) is 20.8 Å². The third-order valence-corrected chi connectivity index (χ3v) is 4.52. The summed E-state index contributed by atoms with van der Waals surface area (Å²) in [7, 11) is 1.41. The number of hydrogen-bond acceptors (Lipinski definition) is 6. The lowest BCUT2D eigenvalue weighted by molar-refractivity contribution is -0.193. The Hall–Kier alpha value is 0.0300. The van der Waals surface area contributed by atoms with Crippen molar-refractivity contribution in [2.45, 2.75) is 52.6 Å². The van der Waals surface area contributed by atoms with Gasteiger partial charge in [-0.25, -0.2) is 4.89 Å². The van der Waals surface area contributed by atoms with Gasteiger partial charge in [-0.15, -0.1) is 4.67 Å². The maximum atomic E-state index is 5.55. The number of nitrogens with one attached hydrogen (secondary N) is 1. The van der Waals surface area contributed by atoms with E-state index in [4.69, 9.17) is 25.5 Å². The zero-order valence-corrected chi connectivity index (χ0v) is 14.7.